The Morgan fingerprint density at radius 1 is 1.20 bits per heavy atom. The summed E-state index contributed by atoms with van der Waals surface area (Å²) in [4.78, 5) is 4.38. The summed E-state index contributed by atoms with van der Waals surface area (Å²) in [6, 6.07) is 11.0. The molecule has 0 aliphatic carbocycles. The third-order valence-corrected chi connectivity index (χ3v) is 4.51. The van der Waals surface area contributed by atoms with Gasteiger partial charge in [-0.25, -0.2) is 4.98 Å². The number of hydrogen-bond acceptors (Lipinski definition) is 4. The molecule has 2 N–H and O–H groups in total. The second kappa shape index (κ2) is 5.56. The van der Waals surface area contributed by atoms with E-state index in [4.69, 9.17) is 33.4 Å². The van der Waals surface area contributed by atoms with E-state index in [1.165, 1.54) is 11.8 Å². The van der Waals surface area contributed by atoms with Crippen LogP contribution in [0.15, 0.2) is 46.0 Å². The molecule has 3 rings (SSSR count). The van der Waals surface area contributed by atoms with Crippen molar-refractivity contribution in [1.82, 2.24) is 4.98 Å². The van der Waals surface area contributed by atoms with Gasteiger partial charge in [0.25, 0.3) is 5.22 Å². The zero-order chi connectivity index (χ0) is 14.1. The van der Waals surface area contributed by atoms with Crippen LogP contribution in [-0.4, -0.2) is 4.98 Å². The zero-order valence-corrected chi connectivity index (χ0v) is 12.6. The second-order valence-electron chi connectivity index (χ2n) is 4.21. The normalized spacial score (nSPS) is 11.1. The van der Waals surface area contributed by atoms with Crippen molar-refractivity contribution in [3.63, 3.8) is 0 Å². The molecule has 102 valence electrons. The number of halogens is 2. The molecule has 0 bridgehead atoms. The molecule has 0 unspecified atom stereocenters. The Hall–Kier alpha value is -1.36. The fraction of sp³-hybridized carbons (Fsp3) is 0.0714. The smallest absolute Gasteiger partial charge is 0.257 e. The summed E-state index contributed by atoms with van der Waals surface area (Å²) < 4.78 is 5.64. The van der Waals surface area contributed by atoms with E-state index >= 15 is 0 Å². The number of aromatic nitrogens is 1. The van der Waals surface area contributed by atoms with Crippen LogP contribution in [0.2, 0.25) is 10.0 Å². The van der Waals surface area contributed by atoms with Crippen LogP contribution >= 0.6 is 35.0 Å². The highest BCUT2D eigenvalue weighted by Crippen LogP contribution is 2.32. The Morgan fingerprint density at radius 2 is 2.05 bits per heavy atom. The number of rotatable bonds is 3. The standard InChI is InChI=1S/C14H10Cl2N2OS/c15-10-3-1-2-8(13(10)16)7-20-14-18-11-6-9(17)4-5-12(11)19-14/h1-6H,7,17H2. The van der Waals surface area contributed by atoms with Gasteiger partial charge >= 0.3 is 0 Å². The summed E-state index contributed by atoms with van der Waals surface area (Å²) in [5, 5.41) is 1.71. The van der Waals surface area contributed by atoms with Gasteiger partial charge in [0.05, 0.1) is 10.0 Å². The lowest BCUT2D eigenvalue weighted by Gasteiger charge is -2.03. The number of nitrogen functional groups attached to an aromatic ring is 1. The number of fused-ring (bicyclic) bond motifs is 1. The lowest BCUT2D eigenvalue weighted by atomic mass is 10.2. The first-order chi connectivity index (χ1) is 9.63. The molecular formula is C14H10Cl2N2OS. The van der Waals surface area contributed by atoms with Crippen LogP contribution in [0.4, 0.5) is 5.69 Å². The molecule has 0 fully saturated rings. The van der Waals surface area contributed by atoms with Gasteiger partial charge in [0.1, 0.15) is 5.52 Å². The minimum atomic E-state index is 0.551. The molecular weight excluding hydrogens is 315 g/mol. The minimum Gasteiger partial charge on any atom is -0.431 e. The molecule has 0 radical (unpaired) electrons. The Morgan fingerprint density at radius 3 is 2.90 bits per heavy atom. The van der Waals surface area contributed by atoms with Crippen LogP contribution < -0.4 is 5.73 Å². The monoisotopic (exact) mass is 324 g/mol. The van der Waals surface area contributed by atoms with Gasteiger partial charge in [-0.3, -0.25) is 0 Å². The molecule has 1 aromatic heterocycles. The van der Waals surface area contributed by atoms with Crippen molar-refractivity contribution in [1.29, 1.82) is 0 Å². The number of anilines is 1. The highest BCUT2D eigenvalue weighted by molar-refractivity contribution is 7.98. The Bertz CT molecular complexity index is 773. The highest BCUT2D eigenvalue weighted by atomic mass is 35.5. The second-order valence-corrected chi connectivity index (χ2v) is 5.92. The van der Waals surface area contributed by atoms with Crippen LogP contribution in [0.3, 0.4) is 0 Å². The van der Waals surface area contributed by atoms with E-state index in [0.717, 1.165) is 16.7 Å². The van der Waals surface area contributed by atoms with E-state index in [1.54, 1.807) is 18.2 Å². The van der Waals surface area contributed by atoms with Crippen molar-refractivity contribution in [2.75, 3.05) is 5.73 Å². The van der Waals surface area contributed by atoms with Crippen molar-refractivity contribution >= 4 is 51.8 Å². The maximum Gasteiger partial charge on any atom is 0.257 e. The molecule has 0 saturated heterocycles. The first kappa shape index (κ1) is 13.6. The first-order valence-electron chi connectivity index (χ1n) is 5.85. The van der Waals surface area contributed by atoms with Gasteiger partial charge in [-0.2, -0.15) is 0 Å². The van der Waals surface area contributed by atoms with Gasteiger partial charge in [0.2, 0.25) is 0 Å². The number of benzene rings is 2. The largest absolute Gasteiger partial charge is 0.431 e. The van der Waals surface area contributed by atoms with Gasteiger partial charge in [-0.05, 0) is 29.8 Å². The third kappa shape index (κ3) is 2.73. The molecule has 0 spiro atoms. The number of hydrogen-bond donors (Lipinski definition) is 1. The lowest BCUT2D eigenvalue weighted by Crippen LogP contribution is -1.83. The van der Waals surface area contributed by atoms with Gasteiger partial charge in [0, 0.05) is 11.4 Å². The van der Waals surface area contributed by atoms with Crippen LogP contribution in [0, 0.1) is 0 Å². The van der Waals surface area contributed by atoms with E-state index in [-0.39, 0.29) is 0 Å². The average molecular weight is 325 g/mol. The molecule has 0 atom stereocenters. The fourth-order valence-electron chi connectivity index (χ4n) is 1.78. The number of thioether (sulfide) groups is 1. The van der Waals surface area contributed by atoms with E-state index in [2.05, 4.69) is 4.98 Å². The van der Waals surface area contributed by atoms with Crippen LogP contribution in [0.25, 0.3) is 11.1 Å². The van der Waals surface area contributed by atoms with Crippen LogP contribution in [0.5, 0.6) is 0 Å². The predicted octanol–water partition coefficient (Wildman–Crippen LogP) is 5.01. The molecule has 0 aliphatic heterocycles. The SMILES string of the molecule is Nc1ccc2oc(SCc3cccc(Cl)c3Cl)nc2c1. The van der Waals surface area contributed by atoms with Crippen molar-refractivity contribution in [2.45, 2.75) is 11.0 Å². The molecule has 20 heavy (non-hydrogen) atoms. The Balaban J connectivity index is 1.81. The summed E-state index contributed by atoms with van der Waals surface area (Å²) in [6.45, 7) is 0. The van der Waals surface area contributed by atoms with Gasteiger partial charge in [-0.15, -0.1) is 0 Å². The van der Waals surface area contributed by atoms with E-state index in [1.807, 2.05) is 18.2 Å². The molecule has 0 aliphatic rings. The van der Waals surface area contributed by atoms with Crippen LogP contribution in [0.1, 0.15) is 5.56 Å². The maximum atomic E-state index is 6.15. The topological polar surface area (TPSA) is 52.0 Å². The molecule has 3 aromatic rings. The minimum absolute atomic E-state index is 0.551. The summed E-state index contributed by atoms with van der Waals surface area (Å²) in [7, 11) is 0. The van der Waals surface area contributed by atoms with Crippen molar-refractivity contribution in [2.24, 2.45) is 0 Å². The van der Waals surface area contributed by atoms with Crippen molar-refractivity contribution in [3.8, 4) is 0 Å². The number of oxazole rings is 1. The van der Waals surface area contributed by atoms with E-state index in [9.17, 15) is 0 Å². The fourth-order valence-corrected chi connectivity index (χ4v) is 3.08. The zero-order valence-electron chi connectivity index (χ0n) is 10.3. The molecule has 1 heterocycles. The first-order valence-corrected chi connectivity index (χ1v) is 7.59. The summed E-state index contributed by atoms with van der Waals surface area (Å²) in [5.41, 5.74) is 8.81. The lowest BCUT2D eigenvalue weighted by molar-refractivity contribution is 0.489. The third-order valence-electron chi connectivity index (χ3n) is 2.77. The van der Waals surface area contributed by atoms with Gasteiger partial charge in [-0.1, -0.05) is 47.1 Å². The molecule has 6 heteroatoms. The molecule has 0 saturated carbocycles. The quantitative estimate of drug-likeness (QED) is 0.543. The highest BCUT2D eigenvalue weighted by Gasteiger charge is 2.09. The summed E-state index contributed by atoms with van der Waals surface area (Å²) in [6.07, 6.45) is 0. The Labute approximate surface area is 130 Å². The Kier molecular flexibility index (Phi) is 3.78. The summed E-state index contributed by atoms with van der Waals surface area (Å²) >= 11 is 13.6. The number of nitrogens with two attached hydrogens (primary N) is 1. The summed E-state index contributed by atoms with van der Waals surface area (Å²) in [5.74, 6) is 0.641. The van der Waals surface area contributed by atoms with Crippen LogP contribution in [-0.2, 0) is 5.75 Å². The van der Waals surface area contributed by atoms with Crippen molar-refractivity contribution in [3.05, 3.63) is 52.0 Å². The van der Waals surface area contributed by atoms with E-state index in [0.29, 0.717) is 26.7 Å². The number of nitrogens with zero attached hydrogens (tertiary/aromatic N) is 1. The predicted molar refractivity (Wildman–Crippen MR) is 84.4 cm³/mol. The molecule has 0 amide bonds. The molecule has 2 aromatic carbocycles. The van der Waals surface area contributed by atoms with Crippen molar-refractivity contribution < 1.29 is 4.42 Å². The maximum absolute atomic E-state index is 6.15. The average Bonchev–Trinajstić information content (AvgIpc) is 2.82. The van der Waals surface area contributed by atoms with E-state index < -0.39 is 0 Å². The van der Waals surface area contributed by atoms with Gasteiger partial charge < -0.3 is 10.2 Å². The van der Waals surface area contributed by atoms with Gasteiger partial charge in [0.15, 0.2) is 5.58 Å². The molecule has 3 nitrogen and oxygen atoms in total.